The molecule has 0 saturated carbocycles. The highest BCUT2D eigenvalue weighted by Gasteiger charge is 2.17. The molecule has 0 fully saturated rings. The monoisotopic (exact) mass is 357 g/mol. The molecule has 0 heterocycles. The van der Waals surface area contributed by atoms with E-state index in [4.69, 9.17) is 14.7 Å². The number of aryl methyl sites for hydroxylation is 1. The molecule has 0 amide bonds. The lowest BCUT2D eigenvalue weighted by atomic mass is 10.2. The van der Waals surface area contributed by atoms with E-state index < -0.39 is 27.5 Å². The van der Waals surface area contributed by atoms with E-state index in [2.05, 4.69) is 0 Å². The lowest BCUT2D eigenvalue weighted by molar-refractivity contribution is 0.243. The lowest BCUT2D eigenvalue weighted by Gasteiger charge is -2.11. The lowest BCUT2D eigenvalue weighted by Crippen LogP contribution is -2.12. The van der Waals surface area contributed by atoms with Crippen molar-refractivity contribution < 1.29 is 26.1 Å². The number of hydrogen-bond acceptors (Lipinski definition) is 5. The minimum atomic E-state index is -3.87. The third-order valence-corrected chi connectivity index (χ3v) is 4.69. The van der Waals surface area contributed by atoms with Crippen molar-refractivity contribution >= 4 is 15.8 Å². The van der Waals surface area contributed by atoms with Gasteiger partial charge < -0.3 is 10.5 Å². The van der Waals surface area contributed by atoms with Crippen molar-refractivity contribution in [1.82, 2.24) is 0 Å². The maximum atomic E-state index is 13.5. The Hall–Kier alpha value is -2.19. The molecule has 0 aromatic heterocycles. The Labute approximate surface area is 139 Å². The van der Waals surface area contributed by atoms with Crippen molar-refractivity contribution in [3.63, 3.8) is 0 Å². The van der Waals surface area contributed by atoms with Gasteiger partial charge in [0.15, 0.2) is 11.6 Å². The van der Waals surface area contributed by atoms with Gasteiger partial charge in [0.25, 0.3) is 10.1 Å². The average Bonchev–Trinajstić information content (AvgIpc) is 2.54. The molecular weight excluding hydrogens is 340 g/mol. The Bertz CT molecular complexity index is 825. The standard InChI is InChI=1S/C16H17F2NO4S/c1-11-5-2-3-6-14(11)24(20,21)23-10-4-9-22-16-13(19)8-7-12(17)15(16)18/h2-3,5-8H,4,9-10,19H2,1H3. The van der Waals surface area contributed by atoms with Crippen LogP contribution in [-0.4, -0.2) is 21.6 Å². The number of ether oxygens (including phenoxy) is 1. The van der Waals surface area contributed by atoms with E-state index in [1.54, 1.807) is 25.1 Å². The van der Waals surface area contributed by atoms with Gasteiger partial charge in [0.1, 0.15) is 0 Å². The molecule has 24 heavy (non-hydrogen) atoms. The predicted octanol–water partition coefficient (Wildman–Crippen LogP) is 3.03. The third-order valence-electron chi connectivity index (χ3n) is 3.22. The van der Waals surface area contributed by atoms with Crippen LogP contribution in [0.3, 0.4) is 0 Å². The predicted molar refractivity (Wildman–Crippen MR) is 85.2 cm³/mol. The van der Waals surface area contributed by atoms with Crippen LogP contribution in [0.25, 0.3) is 0 Å². The van der Waals surface area contributed by atoms with Gasteiger partial charge in [-0.05, 0) is 30.7 Å². The molecule has 0 aliphatic carbocycles. The van der Waals surface area contributed by atoms with Gasteiger partial charge in [-0.3, -0.25) is 4.18 Å². The summed E-state index contributed by atoms with van der Waals surface area (Å²) in [5.41, 5.74) is 6.04. The van der Waals surface area contributed by atoms with Crippen LogP contribution in [0.1, 0.15) is 12.0 Å². The fourth-order valence-electron chi connectivity index (χ4n) is 2.00. The fourth-order valence-corrected chi connectivity index (χ4v) is 3.17. The Balaban J connectivity index is 1.88. The molecule has 8 heteroatoms. The van der Waals surface area contributed by atoms with Crippen LogP contribution < -0.4 is 10.5 Å². The summed E-state index contributed by atoms with van der Waals surface area (Å²) in [7, 11) is -3.87. The van der Waals surface area contributed by atoms with Gasteiger partial charge in [0.2, 0.25) is 5.82 Å². The van der Waals surface area contributed by atoms with Crippen molar-refractivity contribution in [2.45, 2.75) is 18.2 Å². The first kappa shape index (κ1) is 18.2. The summed E-state index contributed by atoms with van der Waals surface area (Å²) in [6.07, 6.45) is 0.153. The molecule has 0 radical (unpaired) electrons. The zero-order valence-corrected chi connectivity index (χ0v) is 13.8. The van der Waals surface area contributed by atoms with Gasteiger partial charge in [-0.25, -0.2) is 4.39 Å². The van der Waals surface area contributed by atoms with E-state index in [0.29, 0.717) is 5.56 Å². The molecule has 0 bridgehead atoms. The largest absolute Gasteiger partial charge is 0.488 e. The van der Waals surface area contributed by atoms with E-state index in [1.165, 1.54) is 12.1 Å². The minimum absolute atomic E-state index is 0.0395. The van der Waals surface area contributed by atoms with Gasteiger partial charge >= 0.3 is 0 Å². The molecule has 2 aromatic rings. The first-order valence-corrected chi connectivity index (χ1v) is 8.55. The topological polar surface area (TPSA) is 78.6 Å². The highest BCUT2D eigenvalue weighted by molar-refractivity contribution is 7.86. The average molecular weight is 357 g/mol. The van der Waals surface area contributed by atoms with Crippen LogP contribution in [0.4, 0.5) is 14.5 Å². The van der Waals surface area contributed by atoms with Crippen LogP contribution in [-0.2, 0) is 14.3 Å². The normalized spacial score (nSPS) is 11.5. The summed E-state index contributed by atoms with van der Waals surface area (Å²) in [4.78, 5) is 0.0892. The molecular formula is C16H17F2NO4S. The second kappa shape index (κ2) is 7.59. The number of nitrogens with two attached hydrogens (primary N) is 1. The van der Waals surface area contributed by atoms with Crippen molar-refractivity contribution in [2.75, 3.05) is 18.9 Å². The molecule has 0 atom stereocenters. The van der Waals surface area contributed by atoms with Gasteiger partial charge in [0.05, 0.1) is 23.8 Å². The highest BCUT2D eigenvalue weighted by atomic mass is 32.2. The van der Waals surface area contributed by atoms with Crippen LogP contribution >= 0.6 is 0 Å². The van der Waals surface area contributed by atoms with Gasteiger partial charge in [-0.15, -0.1) is 0 Å². The molecule has 0 unspecified atom stereocenters. The maximum absolute atomic E-state index is 13.5. The van der Waals surface area contributed by atoms with E-state index >= 15 is 0 Å². The van der Waals surface area contributed by atoms with Crippen molar-refractivity contribution in [2.24, 2.45) is 0 Å². The van der Waals surface area contributed by atoms with E-state index in [1.807, 2.05) is 0 Å². The molecule has 2 rings (SSSR count). The first-order chi connectivity index (χ1) is 11.3. The van der Waals surface area contributed by atoms with Crippen molar-refractivity contribution in [3.05, 3.63) is 53.6 Å². The van der Waals surface area contributed by atoms with Crippen molar-refractivity contribution in [1.29, 1.82) is 0 Å². The second-order valence-electron chi connectivity index (χ2n) is 5.02. The molecule has 0 spiro atoms. The molecule has 0 aliphatic rings. The Morgan fingerprint density at radius 2 is 1.79 bits per heavy atom. The van der Waals surface area contributed by atoms with E-state index in [-0.39, 0.29) is 30.2 Å². The summed E-state index contributed by atoms with van der Waals surface area (Å²) in [5, 5.41) is 0. The van der Waals surface area contributed by atoms with Gasteiger partial charge in [0, 0.05) is 6.42 Å². The quantitative estimate of drug-likeness (QED) is 0.468. The number of anilines is 1. The molecule has 0 saturated heterocycles. The summed E-state index contributed by atoms with van der Waals surface area (Å²) in [6.45, 7) is 1.43. The molecule has 2 N–H and O–H groups in total. The smallest absolute Gasteiger partial charge is 0.297 e. The van der Waals surface area contributed by atoms with Crippen LogP contribution in [0.15, 0.2) is 41.3 Å². The third kappa shape index (κ3) is 4.21. The zero-order valence-electron chi connectivity index (χ0n) is 13.0. The fraction of sp³-hybridized carbons (Fsp3) is 0.250. The van der Waals surface area contributed by atoms with Crippen LogP contribution in [0, 0.1) is 18.6 Å². The number of benzene rings is 2. The van der Waals surface area contributed by atoms with Crippen LogP contribution in [0.2, 0.25) is 0 Å². The Morgan fingerprint density at radius 3 is 2.50 bits per heavy atom. The Kier molecular flexibility index (Phi) is 5.74. The molecule has 0 aliphatic heterocycles. The SMILES string of the molecule is Cc1ccccc1S(=O)(=O)OCCCOc1c(N)ccc(F)c1F. The number of rotatable bonds is 7. The molecule has 2 aromatic carbocycles. The van der Waals surface area contributed by atoms with Gasteiger partial charge in [-0.2, -0.15) is 12.8 Å². The van der Waals surface area contributed by atoms with E-state index in [0.717, 1.165) is 6.07 Å². The maximum Gasteiger partial charge on any atom is 0.297 e. The molecule has 130 valence electrons. The van der Waals surface area contributed by atoms with Gasteiger partial charge in [-0.1, -0.05) is 18.2 Å². The summed E-state index contributed by atoms with van der Waals surface area (Å²) < 4.78 is 60.7. The second-order valence-corrected chi connectivity index (χ2v) is 6.61. The molecule has 5 nitrogen and oxygen atoms in total. The van der Waals surface area contributed by atoms with Crippen LogP contribution in [0.5, 0.6) is 5.75 Å². The number of halogens is 2. The summed E-state index contributed by atoms with van der Waals surface area (Å²) in [6, 6.07) is 8.52. The first-order valence-electron chi connectivity index (χ1n) is 7.14. The van der Waals surface area contributed by atoms with E-state index in [9.17, 15) is 17.2 Å². The highest BCUT2D eigenvalue weighted by Crippen LogP contribution is 2.27. The minimum Gasteiger partial charge on any atom is -0.488 e. The van der Waals surface area contributed by atoms with Crippen molar-refractivity contribution in [3.8, 4) is 5.75 Å². The summed E-state index contributed by atoms with van der Waals surface area (Å²) in [5.74, 6) is -2.64. The number of hydrogen-bond donors (Lipinski definition) is 1. The Morgan fingerprint density at radius 1 is 1.08 bits per heavy atom. The zero-order chi connectivity index (χ0) is 17.7. The number of nitrogen functional groups attached to an aromatic ring is 1. The summed E-state index contributed by atoms with van der Waals surface area (Å²) >= 11 is 0.